The van der Waals surface area contributed by atoms with Crippen molar-refractivity contribution in [3.63, 3.8) is 0 Å². The number of aryl methyl sites for hydroxylation is 1. The van der Waals surface area contributed by atoms with Crippen LogP contribution in [0.25, 0.3) is 11.0 Å². The number of rotatable bonds is 6. The van der Waals surface area contributed by atoms with Gasteiger partial charge in [-0.3, -0.25) is 0 Å². The number of amides is 2. The molecule has 0 spiro atoms. The van der Waals surface area contributed by atoms with Crippen LogP contribution in [0.3, 0.4) is 0 Å². The van der Waals surface area contributed by atoms with Crippen molar-refractivity contribution in [1.82, 2.24) is 19.9 Å². The van der Waals surface area contributed by atoms with Crippen molar-refractivity contribution in [2.75, 3.05) is 11.9 Å². The van der Waals surface area contributed by atoms with Gasteiger partial charge in [-0.05, 0) is 45.0 Å². The van der Waals surface area contributed by atoms with Gasteiger partial charge >= 0.3 is 6.03 Å². The van der Waals surface area contributed by atoms with Crippen LogP contribution >= 0.6 is 0 Å². The molecule has 2 aromatic heterocycles. The number of imidazole rings is 1. The number of benzene rings is 1. The molecular formula is C19H23N5O2. The zero-order valence-electron chi connectivity index (χ0n) is 15.2. The number of hydrogen-bond acceptors (Lipinski definition) is 4. The maximum Gasteiger partial charge on any atom is 0.319 e. The van der Waals surface area contributed by atoms with Gasteiger partial charge in [-0.15, -0.1) is 0 Å². The first kappa shape index (κ1) is 17.7. The van der Waals surface area contributed by atoms with Gasteiger partial charge in [0.25, 0.3) is 0 Å². The second kappa shape index (κ2) is 7.86. The van der Waals surface area contributed by atoms with Crippen LogP contribution in [0.15, 0.2) is 42.6 Å². The maximum absolute atomic E-state index is 12.2. The molecule has 2 heterocycles. The molecule has 2 N–H and O–H groups in total. The first-order chi connectivity index (χ1) is 12.5. The summed E-state index contributed by atoms with van der Waals surface area (Å²) in [5, 5.41) is 5.65. The van der Waals surface area contributed by atoms with Crippen LogP contribution in [0, 0.1) is 6.92 Å². The van der Waals surface area contributed by atoms with Gasteiger partial charge in [-0.25, -0.2) is 14.8 Å². The van der Waals surface area contributed by atoms with Crippen LogP contribution in [0.2, 0.25) is 0 Å². The summed E-state index contributed by atoms with van der Waals surface area (Å²) in [5.74, 6) is 1.34. The summed E-state index contributed by atoms with van der Waals surface area (Å²) in [6.07, 6.45) is 1.61. The highest BCUT2D eigenvalue weighted by molar-refractivity contribution is 5.90. The Hall–Kier alpha value is -3.09. The lowest BCUT2D eigenvalue weighted by molar-refractivity contribution is 0.233. The van der Waals surface area contributed by atoms with Crippen molar-refractivity contribution in [3.05, 3.63) is 48.4 Å². The summed E-state index contributed by atoms with van der Waals surface area (Å²) in [5.41, 5.74) is 2.57. The Balaban J connectivity index is 1.59. The normalized spacial score (nSPS) is 10.9. The monoisotopic (exact) mass is 353 g/mol. The molecule has 0 unspecified atom stereocenters. The molecule has 0 aliphatic rings. The number of carbonyl (C=O) groups excluding carboxylic acids is 1. The molecule has 7 nitrogen and oxygen atoms in total. The third kappa shape index (κ3) is 4.11. The average Bonchev–Trinajstić information content (AvgIpc) is 2.92. The Kier molecular flexibility index (Phi) is 5.36. The standard InChI is InChI=1S/C19H23N5O2/c1-13(2)26-18-16(8-6-10-20-18)23-19(25)21-11-12-24-14(3)22-15-7-4-5-9-17(15)24/h4-10,13H,11-12H2,1-3H3,(H2,21,23,25). The molecule has 0 radical (unpaired) electrons. The van der Waals surface area contributed by atoms with Crippen LogP contribution in [0.4, 0.5) is 10.5 Å². The minimum atomic E-state index is -0.298. The van der Waals surface area contributed by atoms with Crippen molar-refractivity contribution in [2.45, 2.75) is 33.4 Å². The summed E-state index contributed by atoms with van der Waals surface area (Å²) >= 11 is 0. The third-order valence-electron chi connectivity index (χ3n) is 3.83. The minimum Gasteiger partial charge on any atom is -0.473 e. The number of urea groups is 1. The number of pyridine rings is 1. The molecule has 1 aromatic carbocycles. The highest BCUT2D eigenvalue weighted by atomic mass is 16.5. The third-order valence-corrected chi connectivity index (χ3v) is 3.83. The fourth-order valence-electron chi connectivity index (χ4n) is 2.73. The van der Waals surface area contributed by atoms with E-state index in [9.17, 15) is 4.79 Å². The van der Waals surface area contributed by atoms with Crippen LogP contribution < -0.4 is 15.4 Å². The van der Waals surface area contributed by atoms with E-state index in [0.29, 0.717) is 24.7 Å². The van der Waals surface area contributed by atoms with E-state index in [2.05, 4.69) is 25.2 Å². The molecule has 0 fully saturated rings. The van der Waals surface area contributed by atoms with Crippen LogP contribution in [-0.4, -0.2) is 33.2 Å². The van der Waals surface area contributed by atoms with Crippen molar-refractivity contribution in [1.29, 1.82) is 0 Å². The van der Waals surface area contributed by atoms with Gasteiger partial charge < -0.3 is 19.9 Å². The lowest BCUT2D eigenvalue weighted by atomic mass is 10.3. The molecule has 0 atom stereocenters. The highest BCUT2D eigenvalue weighted by Crippen LogP contribution is 2.21. The Bertz CT molecular complexity index is 904. The van der Waals surface area contributed by atoms with E-state index >= 15 is 0 Å². The number of carbonyl (C=O) groups is 1. The Morgan fingerprint density at radius 1 is 1.23 bits per heavy atom. The molecule has 0 aliphatic heterocycles. The summed E-state index contributed by atoms with van der Waals surface area (Å²) in [7, 11) is 0. The maximum atomic E-state index is 12.2. The number of nitrogens with one attached hydrogen (secondary N) is 2. The van der Waals surface area contributed by atoms with Gasteiger partial charge in [0.05, 0.1) is 17.1 Å². The SMILES string of the molecule is Cc1nc2ccccc2n1CCNC(=O)Nc1cccnc1OC(C)C. The van der Waals surface area contributed by atoms with E-state index in [4.69, 9.17) is 4.74 Å². The van der Waals surface area contributed by atoms with Gasteiger partial charge in [0.2, 0.25) is 5.88 Å². The topological polar surface area (TPSA) is 81.1 Å². The van der Waals surface area contributed by atoms with E-state index in [0.717, 1.165) is 16.9 Å². The summed E-state index contributed by atoms with van der Waals surface area (Å²) < 4.78 is 7.70. The second-order valence-corrected chi connectivity index (χ2v) is 6.20. The van der Waals surface area contributed by atoms with E-state index in [1.165, 1.54) is 0 Å². The molecule has 0 bridgehead atoms. The molecule has 136 valence electrons. The van der Waals surface area contributed by atoms with E-state index in [1.54, 1.807) is 18.3 Å². The van der Waals surface area contributed by atoms with Crippen molar-refractivity contribution >= 4 is 22.8 Å². The Labute approximate surface area is 152 Å². The Morgan fingerprint density at radius 2 is 2.04 bits per heavy atom. The molecule has 26 heavy (non-hydrogen) atoms. The lowest BCUT2D eigenvalue weighted by Gasteiger charge is -2.14. The van der Waals surface area contributed by atoms with Gasteiger partial charge in [-0.1, -0.05) is 12.1 Å². The highest BCUT2D eigenvalue weighted by Gasteiger charge is 2.11. The average molecular weight is 353 g/mol. The predicted octanol–water partition coefficient (Wildman–Crippen LogP) is 3.35. The molecule has 3 aromatic rings. The molecule has 0 aliphatic carbocycles. The number of aromatic nitrogens is 3. The van der Waals surface area contributed by atoms with E-state index in [-0.39, 0.29) is 12.1 Å². The van der Waals surface area contributed by atoms with Crippen LogP contribution in [-0.2, 0) is 6.54 Å². The van der Waals surface area contributed by atoms with Gasteiger partial charge in [0.1, 0.15) is 11.5 Å². The number of fused-ring (bicyclic) bond motifs is 1. The van der Waals surface area contributed by atoms with E-state index in [1.807, 2.05) is 45.0 Å². The molecule has 0 saturated carbocycles. The van der Waals surface area contributed by atoms with Crippen molar-refractivity contribution in [3.8, 4) is 5.88 Å². The predicted molar refractivity (Wildman–Crippen MR) is 101 cm³/mol. The van der Waals surface area contributed by atoms with Gasteiger partial charge in [0, 0.05) is 19.3 Å². The smallest absolute Gasteiger partial charge is 0.319 e. The van der Waals surface area contributed by atoms with Gasteiger partial charge in [-0.2, -0.15) is 0 Å². The fourth-order valence-corrected chi connectivity index (χ4v) is 2.73. The first-order valence-corrected chi connectivity index (χ1v) is 8.63. The zero-order valence-corrected chi connectivity index (χ0v) is 15.2. The molecule has 0 saturated heterocycles. The number of hydrogen-bond donors (Lipinski definition) is 2. The van der Waals surface area contributed by atoms with Crippen molar-refractivity contribution in [2.24, 2.45) is 0 Å². The molecule has 3 rings (SSSR count). The number of para-hydroxylation sites is 2. The summed E-state index contributed by atoms with van der Waals surface area (Å²) in [6, 6.07) is 11.2. The number of anilines is 1. The van der Waals surface area contributed by atoms with Crippen molar-refractivity contribution < 1.29 is 9.53 Å². The number of nitrogens with zero attached hydrogens (tertiary/aromatic N) is 3. The number of ether oxygens (including phenoxy) is 1. The minimum absolute atomic E-state index is 0.0222. The first-order valence-electron chi connectivity index (χ1n) is 8.63. The van der Waals surface area contributed by atoms with Crippen LogP contribution in [0.5, 0.6) is 5.88 Å². The summed E-state index contributed by atoms with van der Waals surface area (Å²) in [4.78, 5) is 20.9. The van der Waals surface area contributed by atoms with E-state index < -0.39 is 0 Å². The second-order valence-electron chi connectivity index (χ2n) is 6.20. The molecule has 7 heteroatoms. The lowest BCUT2D eigenvalue weighted by Crippen LogP contribution is -2.32. The fraction of sp³-hybridized carbons (Fsp3) is 0.316. The largest absolute Gasteiger partial charge is 0.473 e. The quantitative estimate of drug-likeness (QED) is 0.712. The zero-order chi connectivity index (χ0) is 18.5. The molecule has 2 amide bonds. The molecular weight excluding hydrogens is 330 g/mol. The Morgan fingerprint density at radius 3 is 2.85 bits per heavy atom. The summed E-state index contributed by atoms with van der Waals surface area (Å²) in [6.45, 7) is 6.91. The van der Waals surface area contributed by atoms with Crippen LogP contribution in [0.1, 0.15) is 19.7 Å². The van der Waals surface area contributed by atoms with Gasteiger partial charge in [0.15, 0.2) is 0 Å².